The molecule has 7 heteroatoms. The molecule has 0 saturated carbocycles. The van der Waals surface area contributed by atoms with Crippen molar-refractivity contribution in [3.05, 3.63) is 54.1 Å². The molecular formula is C19H18N2O5. The highest BCUT2D eigenvalue weighted by Crippen LogP contribution is 2.32. The van der Waals surface area contributed by atoms with Gasteiger partial charge in [0.15, 0.2) is 11.5 Å². The minimum Gasteiger partial charge on any atom is -0.493 e. The highest BCUT2D eigenvalue weighted by atomic mass is 16.7. The Balaban J connectivity index is 1.52. The number of amides is 2. The lowest BCUT2D eigenvalue weighted by molar-refractivity contribution is -0.118. The van der Waals surface area contributed by atoms with E-state index >= 15 is 0 Å². The predicted molar refractivity (Wildman–Crippen MR) is 96.0 cm³/mol. The molecule has 2 aromatic rings. The maximum Gasteiger partial charge on any atom is 0.248 e. The molecule has 2 amide bonds. The van der Waals surface area contributed by atoms with Crippen LogP contribution in [-0.4, -0.2) is 25.2 Å². The molecule has 0 aromatic heterocycles. The second kappa shape index (κ2) is 8.06. The molecule has 0 aliphatic carbocycles. The monoisotopic (exact) mass is 354 g/mol. The standard InChI is InChI=1S/C19H18N2O5/c20-18(22)9-10-24-15-5-3-14(4-6-15)21-19(23)8-2-13-1-7-16-17(11-13)26-12-25-16/h1-8,11H,9-10,12H2,(H2,20,22)(H,21,23). The van der Waals surface area contributed by atoms with Crippen molar-refractivity contribution in [3.63, 3.8) is 0 Å². The van der Waals surface area contributed by atoms with E-state index in [1.54, 1.807) is 36.4 Å². The molecule has 3 rings (SSSR count). The Morgan fingerprint density at radius 3 is 2.65 bits per heavy atom. The average Bonchev–Trinajstić information content (AvgIpc) is 3.09. The molecule has 0 atom stereocenters. The van der Waals surface area contributed by atoms with Gasteiger partial charge in [0, 0.05) is 11.8 Å². The first kappa shape index (κ1) is 17.3. The normalized spacial score (nSPS) is 12.2. The summed E-state index contributed by atoms with van der Waals surface area (Å²) < 4.78 is 15.9. The topological polar surface area (TPSA) is 99.9 Å². The fourth-order valence-electron chi connectivity index (χ4n) is 2.28. The van der Waals surface area contributed by atoms with E-state index in [4.69, 9.17) is 19.9 Å². The number of ether oxygens (including phenoxy) is 3. The van der Waals surface area contributed by atoms with Crippen molar-refractivity contribution in [2.75, 3.05) is 18.7 Å². The van der Waals surface area contributed by atoms with Crippen LogP contribution in [0.4, 0.5) is 5.69 Å². The zero-order chi connectivity index (χ0) is 18.4. The number of carbonyl (C=O) groups is 2. The molecule has 1 heterocycles. The van der Waals surface area contributed by atoms with Gasteiger partial charge in [-0.25, -0.2) is 0 Å². The van der Waals surface area contributed by atoms with E-state index in [2.05, 4.69) is 5.32 Å². The minimum atomic E-state index is -0.414. The Labute approximate surface area is 150 Å². The van der Waals surface area contributed by atoms with Crippen LogP contribution in [0.25, 0.3) is 6.08 Å². The number of fused-ring (bicyclic) bond motifs is 1. The van der Waals surface area contributed by atoms with Crippen molar-refractivity contribution in [2.45, 2.75) is 6.42 Å². The first-order chi connectivity index (χ1) is 12.6. The minimum absolute atomic E-state index is 0.156. The first-order valence-corrected chi connectivity index (χ1v) is 8.00. The van der Waals surface area contributed by atoms with Crippen LogP contribution in [0.3, 0.4) is 0 Å². The Bertz CT molecular complexity index is 830. The number of nitrogens with two attached hydrogens (primary N) is 1. The van der Waals surface area contributed by atoms with Gasteiger partial charge in [-0.1, -0.05) is 6.07 Å². The van der Waals surface area contributed by atoms with Crippen LogP contribution in [0.15, 0.2) is 48.5 Å². The summed E-state index contributed by atoms with van der Waals surface area (Å²) in [4.78, 5) is 22.7. The van der Waals surface area contributed by atoms with E-state index in [9.17, 15) is 9.59 Å². The van der Waals surface area contributed by atoms with Gasteiger partial charge in [0.2, 0.25) is 18.6 Å². The van der Waals surface area contributed by atoms with Crippen molar-refractivity contribution in [1.29, 1.82) is 0 Å². The second-order valence-corrected chi connectivity index (χ2v) is 5.52. The van der Waals surface area contributed by atoms with Crippen molar-refractivity contribution in [1.82, 2.24) is 0 Å². The van der Waals surface area contributed by atoms with E-state index < -0.39 is 5.91 Å². The third kappa shape index (κ3) is 4.76. The SMILES string of the molecule is NC(=O)CCOc1ccc(NC(=O)C=Cc2ccc3c(c2)OCO3)cc1. The Morgan fingerprint density at radius 2 is 1.88 bits per heavy atom. The van der Waals surface area contributed by atoms with Crippen molar-refractivity contribution < 1.29 is 23.8 Å². The Hall–Kier alpha value is -3.48. The highest BCUT2D eigenvalue weighted by Gasteiger charge is 2.12. The maximum absolute atomic E-state index is 12.0. The van der Waals surface area contributed by atoms with Crippen molar-refractivity contribution >= 4 is 23.6 Å². The number of anilines is 1. The zero-order valence-corrected chi connectivity index (χ0v) is 13.9. The molecule has 0 radical (unpaired) electrons. The summed E-state index contributed by atoms with van der Waals surface area (Å²) in [6, 6.07) is 12.3. The van der Waals surface area contributed by atoms with E-state index in [1.807, 2.05) is 12.1 Å². The molecule has 2 aromatic carbocycles. The average molecular weight is 354 g/mol. The molecule has 7 nitrogen and oxygen atoms in total. The van der Waals surface area contributed by atoms with E-state index in [1.165, 1.54) is 6.08 Å². The molecule has 3 N–H and O–H groups in total. The van der Waals surface area contributed by atoms with Gasteiger partial charge in [-0.2, -0.15) is 0 Å². The largest absolute Gasteiger partial charge is 0.493 e. The van der Waals surface area contributed by atoms with Gasteiger partial charge < -0.3 is 25.3 Å². The fourth-order valence-corrected chi connectivity index (χ4v) is 2.28. The number of primary amides is 1. The summed E-state index contributed by atoms with van der Waals surface area (Å²) in [5, 5.41) is 2.75. The molecule has 134 valence electrons. The van der Waals surface area contributed by atoms with Crippen molar-refractivity contribution in [2.24, 2.45) is 5.73 Å². The van der Waals surface area contributed by atoms with Crippen LogP contribution in [0.1, 0.15) is 12.0 Å². The summed E-state index contributed by atoms with van der Waals surface area (Å²) in [6.07, 6.45) is 3.29. The highest BCUT2D eigenvalue weighted by molar-refractivity contribution is 6.02. The van der Waals surface area contributed by atoms with E-state index in [0.29, 0.717) is 22.9 Å². The Kier molecular flexibility index (Phi) is 5.38. The molecule has 0 saturated heterocycles. The van der Waals surface area contributed by atoms with Gasteiger partial charge in [0.05, 0.1) is 13.0 Å². The van der Waals surface area contributed by atoms with E-state index in [-0.39, 0.29) is 25.7 Å². The first-order valence-electron chi connectivity index (χ1n) is 8.00. The number of nitrogens with one attached hydrogen (secondary N) is 1. The summed E-state index contributed by atoms with van der Waals surface area (Å²) in [5.41, 5.74) is 6.51. The predicted octanol–water partition coefficient (Wildman–Crippen LogP) is 2.32. The molecule has 1 aliphatic heterocycles. The molecular weight excluding hydrogens is 336 g/mol. The van der Waals surface area contributed by atoms with Crippen LogP contribution in [0, 0.1) is 0 Å². The molecule has 0 unspecified atom stereocenters. The third-order valence-corrected chi connectivity index (χ3v) is 3.56. The number of rotatable bonds is 7. The molecule has 0 spiro atoms. The van der Waals surface area contributed by atoms with Crippen LogP contribution in [0.5, 0.6) is 17.2 Å². The molecule has 0 fully saturated rings. The zero-order valence-electron chi connectivity index (χ0n) is 13.9. The third-order valence-electron chi connectivity index (χ3n) is 3.56. The molecule has 26 heavy (non-hydrogen) atoms. The van der Waals surface area contributed by atoms with Gasteiger partial charge >= 0.3 is 0 Å². The quantitative estimate of drug-likeness (QED) is 0.743. The summed E-state index contributed by atoms with van der Waals surface area (Å²) >= 11 is 0. The van der Waals surface area contributed by atoms with Crippen LogP contribution in [0.2, 0.25) is 0 Å². The van der Waals surface area contributed by atoms with Crippen LogP contribution < -0.4 is 25.3 Å². The van der Waals surface area contributed by atoms with Gasteiger partial charge in [0.1, 0.15) is 5.75 Å². The lowest BCUT2D eigenvalue weighted by Gasteiger charge is -2.06. The second-order valence-electron chi connectivity index (χ2n) is 5.52. The summed E-state index contributed by atoms with van der Waals surface area (Å²) in [5.74, 6) is 1.29. The van der Waals surface area contributed by atoms with Crippen LogP contribution in [-0.2, 0) is 9.59 Å². The fraction of sp³-hybridized carbons (Fsp3) is 0.158. The van der Waals surface area contributed by atoms with Gasteiger partial charge in [0.25, 0.3) is 0 Å². The molecule has 0 bridgehead atoms. The number of benzene rings is 2. The van der Waals surface area contributed by atoms with Crippen molar-refractivity contribution in [3.8, 4) is 17.2 Å². The smallest absolute Gasteiger partial charge is 0.248 e. The van der Waals surface area contributed by atoms with Gasteiger partial charge in [-0.3, -0.25) is 9.59 Å². The lowest BCUT2D eigenvalue weighted by Crippen LogP contribution is -2.14. The van der Waals surface area contributed by atoms with Crippen LogP contribution >= 0.6 is 0 Å². The summed E-state index contributed by atoms with van der Waals surface area (Å²) in [7, 11) is 0. The number of carbonyl (C=O) groups excluding carboxylic acids is 2. The number of hydrogen-bond acceptors (Lipinski definition) is 5. The lowest BCUT2D eigenvalue weighted by atomic mass is 10.2. The van der Waals surface area contributed by atoms with Gasteiger partial charge in [-0.05, 0) is 48.0 Å². The molecule has 1 aliphatic rings. The summed E-state index contributed by atoms with van der Waals surface area (Å²) in [6.45, 7) is 0.435. The Morgan fingerprint density at radius 1 is 1.12 bits per heavy atom. The van der Waals surface area contributed by atoms with Gasteiger partial charge in [-0.15, -0.1) is 0 Å². The number of hydrogen-bond donors (Lipinski definition) is 2. The maximum atomic E-state index is 12.0. The van der Waals surface area contributed by atoms with E-state index in [0.717, 1.165) is 5.56 Å².